The molecule has 4 nitrogen and oxygen atoms in total. The lowest BCUT2D eigenvalue weighted by Crippen LogP contribution is -2.12. The van der Waals surface area contributed by atoms with Crippen LogP contribution in [0.2, 0.25) is 0 Å². The van der Waals surface area contributed by atoms with Crippen LogP contribution in [0.5, 0.6) is 0 Å². The third-order valence-corrected chi connectivity index (χ3v) is 3.13. The average Bonchev–Trinajstić information content (AvgIpc) is 3.10. The van der Waals surface area contributed by atoms with E-state index in [-0.39, 0.29) is 10.6 Å². The average molecular weight is 220 g/mol. The zero-order chi connectivity index (χ0) is 11.5. The van der Waals surface area contributed by atoms with Gasteiger partial charge in [-0.15, -0.1) is 0 Å². The molecule has 0 amide bonds. The van der Waals surface area contributed by atoms with E-state index >= 15 is 0 Å². The number of rotatable bonds is 5. The van der Waals surface area contributed by atoms with Crippen molar-refractivity contribution in [3.05, 3.63) is 34.4 Å². The zero-order valence-corrected chi connectivity index (χ0v) is 9.35. The molecule has 0 heterocycles. The van der Waals surface area contributed by atoms with Gasteiger partial charge in [-0.1, -0.05) is 6.92 Å². The maximum absolute atomic E-state index is 10.5. The first kappa shape index (κ1) is 10.9. The van der Waals surface area contributed by atoms with Crippen molar-refractivity contribution in [2.45, 2.75) is 19.8 Å². The number of nitro benzene ring substituents is 1. The molecule has 2 rings (SSSR count). The Balaban J connectivity index is 1.86. The SMILES string of the molecule is CC(CNc1ccc([N+](=O)[O-])cc1)C1CC1. The van der Waals surface area contributed by atoms with E-state index in [1.54, 1.807) is 12.1 Å². The Morgan fingerprint density at radius 1 is 1.44 bits per heavy atom. The van der Waals surface area contributed by atoms with Crippen molar-refractivity contribution in [3.8, 4) is 0 Å². The first-order valence-electron chi connectivity index (χ1n) is 5.65. The molecule has 1 aliphatic carbocycles. The van der Waals surface area contributed by atoms with Gasteiger partial charge in [-0.3, -0.25) is 10.1 Å². The lowest BCUT2D eigenvalue weighted by molar-refractivity contribution is -0.384. The van der Waals surface area contributed by atoms with Gasteiger partial charge in [-0.2, -0.15) is 0 Å². The maximum atomic E-state index is 10.5. The van der Waals surface area contributed by atoms with E-state index < -0.39 is 0 Å². The molecule has 86 valence electrons. The molecular formula is C12H16N2O2. The summed E-state index contributed by atoms with van der Waals surface area (Å²) in [5.41, 5.74) is 1.10. The van der Waals surface area contributed by atoms with E-state index in [9.17, 15) is 10.1 Å². The van der Waals surface area contributed by atoms with Gasteiger partial charge in [-0.25, -0.2) is 0 Å². The van der Waals surface area contributed by atoms with E-state index in [1.807, 2.05) is 0 Å². The number of hydrogen-bond acceptors (Lipinski definition) is 3. The van der Waals surface area contributed by atoms with Crippen LogP contribution in [-0.4, -0.2) is 11.5 Å². The Hall–Kier alpha value is -1.58. The zero-order valence-electron chi connectivity index (χ0n) is 9.35. The second kappa shape index (κ2) is 4.51. The van der Waals surface area contributed by atoms with Crippen molar-refractivity contribution in [1.29, 1.82) is 0 Å². The molecular weight excluding hydrogens is 204 g/mol. The molecule has 16 heavy (non-hydrogen) atoms. The third-order valence-electron chi connectivity index (χ3n) is 3.13. The van der Waals surface area contributed by atoms with Gasteiger partial charge in [0.1, 0.15) is 0 Å². The highest BCUT2D eigenvalue weighted by atomic mass is 16.6. The Kier molecular flexibility index (Phi) is 3.08. The fourth-order valence-corrected chi connectivity index (χ4v) is 1.81. The molecule has 1 N–H and O–H groups in total. The summed E-state index contributed by atoms with van der Waals surface area (Å²) in [6.07, 6.45) is 2.70. The first-order valence-corrected chi connectivity index (χ1v) is 5.65. The molecule has 1 aliphatic rings. The van der Waals surface area contributed by atoms with Crippen molar-refractivity contribution in [2.75, 3.05) is 11.9 Å². The third kappa shape index (κ3) is 2.72. The number of benzene rings is 1. The van der Waals surface area contributed by atoms with Crippen molar-refractivity contribution >= 4 is 11.4 Å². The summed E-state index contributed by atoms with van der Waals surface area (Å²) < 4.78 is 0. The number of nitro groups is 1. The summed E-state index contributed by atoms with van der Waals surface area (Å²) >= 11 is 0. The lowest BCUT2D eigenvalue weighted by atomic mass is 10.1. The predicted molar refractivity (Wildman–Crippen MR) is 63.5 cm³/mol. The Labute approximate surface area is 94.8 Å². The van der Waals surface area contributed by atoms with Gasteiger partial charge in [0.25, 0.3) is 5.69 Å². The molecule has 1 aromatic carbocycles. The van der Waals surface area contributed by atoms with E-state index in [2.05, 4.69) is 12.2 Å². The molecule has 0 saturated heterocycles. The van der Waals surface area contributed by atoms with Gasteiger partial charge < -0.3 is 5.32 Å². The van der Waals surface area contributed by atoms with Crippen LogP contribution in [0.25, 0.3) is 0 Å². The lowest BCUT2D eigenvalue weighted by Gasteiger charge is -2.12. The highest BCUT2D eigenvalue weighted by molar-refractivity contribution is 5.48. The second-order valence-corrected chi connectivity index (χ2v) is 4.50. The number of nitrogens with zero attached hydrogens (tertiary/aromatic N) is 1. The van der Waals surface area contributed by atoms with Crippen LogP contribution in [0, 0.1) is 22.0 Å². The number of anilines is 1. The van der Waals surface area contributed by atoms with Gasteiger partial charge in [-0.05, 0) is 36.8 Å². The molecule has 1 unspecified atom stereocenters. The largest absolute Gasteiger partial charge is 0.385 e. The molecule has 1 fully saturated rings. The van der Waals surface area contributed by atoms with Crippen molar-refractivity contribution in [1.82, 2.24) is 0 Å². The summed E-state index contributed by atoms with van der Waals surface area (Å²) in [6, 6.07) is 6.59. The Morgan fingerprint density at radius 2 is 2.06 bits per heavy atom. The number of non-ortho nitro benzene ring substituents is 1. The van der Waals surface area contributed by atoms with Crippen molar-refractivity contribution < 1.29 is 4.92 Å². The van der Waals surface area contributed by atoms with E-state index in [0.29, 0.717) is 5.92 Å². The van der Waals surface area contributed by atoms with E-state index in [4.69, 9.17) is 0 Å². The van der Waals surface area contributed by atoms with Crippen LogP contribution in [0.3, 0.4) is 0 Å². The molecule has 4 heteroatoms. The van der Waals surface area contributed by atoms with Gasteiger partial charge in [0, 0.05) is 24.4 Å². The van der Waals surface area contributed by atoms with Crippen LogP contribution in [0.4, 0.5) is 11.4 Å². The minimum absolute atomic E-state index is 0.140. The normalized spacial score (nSPS) is 16.8. The Morgan fingerprint density at radius 3 is 2.56 bits per heavy atom. The Bertz CT molecular complexity index is 371. The van der Waals surface area contributed by atoms with Crippen LogP contribution in [-0.2, 0) is 0 Å². The van der Waals surface area contributed by atoms with Gasteiger partial charge in [0.05, 0.1) is 4.92 Å². The fraction of sp³-hybridized carbons (Fsp3) is 0.500. The molecule has 1 aromatic rings. The predicted octanol–water partition coefficient (Wildman–Crippen LogP) is 3.05. The fourth-order valence-electron chi connectivity index (χ4n) is 1.81. The number of hydrogen-bond donors (Lipinski definition) is 1. The molecule has 0 aliphatic heterocycles. The first-order chi connectivity index (χ1) is 7.66. The molecule has 1 atom stereocenters. The molecule has 0 aromatic heterocycles. The van der Waals surface area contributed by atoms with E-state index in [1.165, 1.54) is 25.0 Å². The minimum Gasteiger partial charge on any atom is -0.385 e. The maximum Gasteiger partial charge on any atom is 0.269 e. The standard InChI is InChI=1S/C12H16N2O2/c1-9(10-2-3-10)8-13-11-4-6-12(7-5-11)14(15)16/h4-7,9-10,13H,2-3,8H2,1H3. The van der Waals surface area contributed by atoms with Gasteiger partial charge >= 0.3 is 0 Å². The van der Waals surface area contributed by atoms with Crippen LogP contribution >= 0.6 is 0 Å². The van der Waals surface area contributed by atoms with Gasteiger partial charge in [0.15, 0.2) is 0 Å². The smallest absolute Gasteiger partial charge is 0.269 e. The van der Waals surface area contributed by atoms with E-state index in [0.717, 1.165) is 18.2 Å². The quantitative estimate of drug-likeness (QED) is 0.613. The topological polar surface area (TPSA) is 55.2 Å². The molecule has 0 bridgehead atoms. The molecule has 0 radical (unpaired) electrons. The monoisotopic (exact) mass is 220 g/mol. The van der Waals surface area contributed by atoms with Crippen molar-refractivity contribution in [2.24, 2.45) is 11.8 Å². The summed E-state index contributed by atoms with van der Waals surface area (Å²) in [6.45, 7) is 3.19. The second-order valence-electron chi connectivity index (χ2n) is 4.50. The summed E-state index contributed by atoms with van der Waals surface area (Å²) in [4.78, 5) is 10.1. The van der Waals surface area contributed by atoms with Crippen LogP contribution < -0.4 is 5.32 Å². The summed E-state index contributed by atoms with van der Waals surface area (Å²) in [5, 5.41) is 13.8. The highest BCUT2D eigenvalue weighted by Crippen LogP contribution is 2.36. The van der Waals surface area contributed by atoms with Crippen LogP contribution in [0.15, 0.2) is 24.3 Å². The van der Waals surface area contributed by atoms with Gasteiger partial charge in [0.2, 0.25) is 0 Å². The number of nitrogens with one attached hydrogen (secondary N) is 1. The molecule has 0 spiro atoms. The van der Waals surface area contributed by atoms with Crippen LogP contribution in [0.1, 0.15) is 19.8 Å². The minimum atomic E-state index is -0.378. The van der Waals surface area contributed by atoms with Crippen molar-refractivity contribution in [3.63, 3.8) is 0 Å². The highest BCUT2D eigenvalue weighted by Gasteiger charge is 2.27. The summed E-state index contributed by atoms with van der Waals surface area (Å²) in [5.74, 6) is 1.57. The summed E-state index contributed by atoms with van der Waals surface area (Å²) in [7, 11) is 0. The molecule has 1 saturated carbocycles.